The molecule has 2 aromatic carbocycles. The van der Waals surface area contributed by atoms with E-state index in [9.17, 15) is 4.79 Å². The molecule has 0 bridgehead atoms. The molecule has 0 unspecified atom stereocenters. The van der Waals surface area contributed by atoms with E-state index >= 15 is 0 Å². The van der Waals surface area contributed by atoms with Gasteiger partial charge in [0.05, 0.1) is 11.9 Å². The van der Waals surface area contributed by atoms with Gasteiger partial charge in [-0.1, -0.05) is 60.2 Å². The van der Waals surface area contributed by atoms with Crippen LogP contribution in [0.2, 0.25) is 0 Å². The third-order valence-corrected chi connectivity index (χ3v) is 4.17. The predicted octanol–water partition coefficient (Wildman–Crippen LogP) is 4.27. The van der Waals surface area contributed by atoms with Crippen molar-refractivity contribution in [1.29, 1.82) is 0 Å². The number of anilines is 1. The van der Waals surface area contributed by atoms with Crippen LogP contribution in [0.5, 0.6) is 0 Å². The Morgan fingerprint density at radius 3 is 2.46 bits per heavy atom. The molecule has 0 fully saturated rings. The zero-order valence-electron chi connectivity index (χ0n) is 15.1. The zero-order valence-corrected chi connectivity index (χ0v) is 15.1. The lowest BCUT2D eigenvalue weighted by Gasteiger charge is -2.17. The van der Waals surface area contributed by atoms with Crippen molar-refractivity contribution in [2.75, 3.05) is 12.4 Å². The molecule has 3 aromatic rings. The highest BCUT2D eigenvalue weighted by molar-refractivity contribution is 5.92. The fourth-order valence-electron chi connectivity index (χ4n) is 2.78. The van der Waals surface area contributed by atoms with Crippen molar-refractivity contribution in [3.8, 4) is 0 Å². The molecule has 4 nitrogen and oxygen atoms in total. The Labute approximate surface area is 154 Å². The van der Waals surface area contributed by atoms with Crippen LogP contribution in [-0.2, 0) is 13.1 Å². The number of aromatic nitrogens is 1. The van der Waals surface area contributed by atoms with E-state index in [0.717, 1.165) is 17.8 Å². The van der Waals surface area contributed by atoms with Crippen molar-refractivity contribution in [1.82, 2.24) is 9.88 Å². The van der Waals surface area contributed by atoms with Crippen LogP contribution in [0.15, 0.2) is 72.9 Å². The molecule has 0 aliphatic heterocycles. The van der Waals surface area contributed by atoms with Crippen LogP contribution >= 0.6 is 0 Å². The fourth-order valence-corrected chi connectivity index (χ4v) is 2.78. The normalized spacial score (nSPS) is 10.4. The third-order valence-electron chi connectivity index (χ3n) is 4.17. The summed E-state index contributed by atoms with van der Waals surface area (Å²) in [6.07, 6.45) is 1.71. The van der Waals surface area contributed by atoms with Crippen LogP contribution in [0.25, 0.3) is 0 Å². The Kier molecular flexibility index (Phi) is 5.64. The summed E-state index contributed by atoms with van der Waals surface area (Å²) in [5, 5.41) is 3.34. The highest BCUT2D eigenvalue weighted by Gasteiger charge is 2.13. The molecule has 0 aliphatic carbocycles. The second-order valence-electron chi connectivity index (χ2n) is 6.42. The first-order valence-electron chi connectivity index (χ1n) is 8.67. The standard InChI is InChI=1S/C22H23N3O/c1-17-7-6-10-19(13-17)14-23-20-11-12-21(24-15-20)22(26)25(2)16-18-8-4-3-5-9-18/h3-13,15,23H,14,16H2,1-2H3. The molecule has 0 atom stereocenters. The Hall–Kier alpha value is -3.14. The number of pyridine rings is 1. The Morgan fingerprint density at radius 1 is 1.00 bits per heavy atom. The lowest BCUT2D eigenvalue weighted by atomic mass is 10.1. The lowest BCUT2D eigenvalue weighted by molar-refractivity contribution is 0.0779. The van der Waals surface area contributed by atoms with Gasteiger partial charge >= 0.3 is 0 Å². The third kappa shape index (κ3) is 4.70. The van der Waals surface area contributed by atoms with Crippen LogP contribution in [-0.4, -0.2) is 22.8 Å². The van der Waals surface area contributed by atoms with Crippen LogP contribution < -0.4 is 5.32 Å². The zero-order chi connectivity index (χ0) is 18.4. The summed E-state index contributed by atoms with van der Waals surface area (Å²) in [5.74, 6) is -0.0842. The van der Waals surface area contributed by atoms with Crippen molar-refractivity contribution in [3.63, 3.8) is 0 Å². The van der Waals surface area contributed by atoms with Crippen molar-refractivity contribution >= 4 is 11.6 Å². The first-order chi connectivity index (χ1) is 12.6. The van der Waals surface area contributed by atoms with Gasteiger partial charge < -0.3 is 10.2 Å². The summed E-state index contributed by atoms with van der Waals surface area (Å²) in [6, 6.07) is 22.0. The molecule has 1 N–H and O–H groups in total. The SMILES string of the molecule is Cc1cccc(CNc2ccc(C(=O)N(C)Cc3ccccc3)nc2)c1. The maximum atomic E-state index is 12.5. The lowest BCUT2D eigenvalue weighted by Crippen LogP contribution is -2.26. The van der Waals surface area contributed by atoms with Crippen LogP contribution in [0.4, 0.5) is 5.69 Å². The molecule has 0 saturated heterocycles. The summed E-state index contributed by atoms with van der Waals surface area (Å²) in [6.45, 7) is 3.37. The van der Waals surface area contributed by atoms with Crippen molar-refractivity contribution < 1.29 is 4.79 Å². The number of hydrogen-bond acceptors (Lipinski definition) is 3. The van der Waals surface area contributed by atoms with Crippen LogP contribution in [0.1, 0.15) is 27.2 Å². The molecule has 132 valence electrons. The molecule has 1 amide bonds. The Bertz CT molecular complexity index is 860. The second kappa shape index (κ2) is 8.30. The summed E-state index contributed by atoms with van der Waals surface area (Å²) in [5.41, 5.74) is 4.90. The van der Waals surface area contributed by atoms with Gasteiger partial charge in [-0.3, -0.25) is 4.79 Å². The highest BCUT2D eigenvalue weighted by Crippen LogP contribution is 2.12. The first-order valence-corrected chi connectivity index (χ1v) is 8.67. The topological polar surface area (TPSA) is 45.2 Å². The number of aryl methyl sites for hydroxylation is 1. The molecule has 1 heterocycles. The minimum absolute atomic E-state index is 0.0842. The van der Waals surface area contributed by atoms with E-state index in [2.05, 4.69) is 41.5 Å². The Balaban J connectivity index is 1.58. The molecular formula is C22H23N3O. The minimum Gasteiger partial charge on any atom is -0.380 e. The maximum Gasteiger partial charge on any atom is 0.272 e. The van der Waals surface area contributed by atoms with Crippen molar-refractivity contribution in [2.24, 2.45) is 0 Å². The average Bonchev–Trinajstić information content (AvgIpc) is 2.67. The van der Waals surface area contributed by atoms with E-state index < -0.39 is 0 Å². The number of amides is 1. The number of benzene rings is 2. The summed E-state index contributed by atoms with van der Waals surface area (Å²) >= 11 is 0. The second-order valence-corrected chi connectivity index (χ2v) is 6.42. The molecule has 4 heteroatoms. The smallest absolute Gasteiger partial charge is 0.272 e. The predicted molar refractivity (Wildman–Crippen MR) is 105 cm³/mol. The fraction of sp³-hybridized carbons (Fsp3) is 0.182. The van der Waals surface area contributed by atoms with Gasteiger partial charge in [0.2, 0.25) is 0 Å². The number of hydrogen-bond donors (Lipinski definition) is 1. The Morgan fingerprint density at radius 2 is 1.77 bits per heavy atom. The van der Waals surface area contributed by atoms with Gasteiger partial charge in [0, 0.05) is 20.1 Å². The summed E-state index contributed by atoms with van der Waals surface area (Å²) < 4.78 is 0. The van der Waals surface area contributed by atoms with E-state index in [-0.39, 0.29) is 5.91 Å². The molecule has 0 spiro atoms. The van der Waals surface area contributed by atoms with E-state index in [4.69, 9.17) is 0 Å². The van der Waals surface area contributed by atoms with Gasteiger partial charge in [-0.05, 0) is 30.2 Å². The number of carbonyl (C=O) groups is 1. The molecule has 1 aromatic heterocycles. The maximum absolute atomic E-state index is 12.5. The van der Waals surface area contributed by atoms with Gasteiger partial charge in [0.15, 0.2) is 0 Å². The van der Waals surface area contributed by atoms with Gasteiger partial charge in [-0.15, -0.1) is 0 Å². The summed E-state index contributed by atoms with van der Waals surface area (Å²) in [7, 11) is 1.79. The quantitative estimate of drug-likeness (QED) is 0.725. The number of carbonyl (C=O) groups excluding carboxylic acids is 1. The van der Waals surface area contributed by atoms with Gasteiger partial charge in [-0.25, -0.2) is 4.98 Å². The number of rotatable bonds is 6. The molecule has 26 heavy (non-hydrogen) atoms. The first kappa shape index (κ1) is 17.7. The molecule has 0 saturated carbocycles. The number of nitrogens with zero attached hydrogens (tertiary/aromatic N) is 2. The van der Waals surface area contributed by atoms with E-state index in [1.54, 1.807) is 24.2 Å². The van der Waals surface area contributed by atoms with E-state index in [1.165, 1.54) is 11.1 Å². The minimum atomic E-state index is -0.0842. The van der Waals surface area contributed by atoms with E-state index in [0.29, 0.717) is 12.2 Å². The monoisotopic (exact) mass is 345 g/mol. The van der Waals surface area contributed by atoms with E-state index in [1.807, 2.05) is 36.4 Å². The van der Waals surface area contributed by atoms with Crippen molar-refractivity contribution in [3.05, 3.63) is 95.3 Å². The van der Waals surface area contributed by atoms with Gasteiger partial charge in [-0.2, -0.15) is 0 Å². The highest BCUT2D eigenvalue weighted by atomic mass is 16.2. The van der Waals surface area contributed by atoms with Gasteiger partial charge in [0.25, 0.3) is 5.91 Å². The molecule has 0 aliphatic rings. The summed E-state index contributed by atoms with van der Waals surface area (Å²) in [4.78, 5) is 18.5. The molecule has 3 rings (SSSR count). The number of nitrogens with one attached hydrogen (secondary N) is 1. The van der Waals surface area contributed by atoms with Crippen molar-refractivity contribution in [2.45, 2.75) is 20.0 Å². The van der Waals surface area contributed by atoms with Crippen LogP contribution in [0.3, 0.4) is 0 Å². The molecule has 0 radical (unpaired) electrons. The molecular weight excluding hydrogens is 322 g/mol. The van der Waals surface area contributed by atoms with Gasteiger partial charge in [0.1, 0.15) is 5.69 Å². The largest absolute Gasteiger partial charge is 0.380 e. The average molecular weight is 345 g/mol. The van der Waals surface area contributed by atoms with Crippen LogP contribution in [0, 0.1) is 6.92 Å².